The van der Waals surface area contributed by atoms with Gasteiger partial charge < -0.3 is 5.32 Å². The molecule has 98 valence electrons. The SMILES string of the molecule is c1nc2c(c(NCC3CCSCC3)n1)CCCC2. The van der Waals surface area contributed by atoms with E-state index >= 15 is 0 Å². The lowest BCUT2D eigenvalue weighted by Gasteiger charge is -2.23. The van der Waals surface area contributed by atoms with E-state index < -0.39 is 0 Å². The van der Waals surface area contributed by atoms with Crippen LogP contribution in [0, 0.1) is 5.92 Å². The summed E-state index contributed by atoms with van der Waals surface area (Å²) < 4.78 is 0. The minimum absolute atomic E-state index is 0.834. The summed E-state index contributed by atoms with van der Waals surface area (Å²) in [6.07, 6.45) is 9.28. The standard InChI is InChI=1S/C14H21N3S/c1-2-4-13-12(3-1)14(17-10-16-13)15-9-11-5-7-18-8-6-11/h10-11H,1-9H2,(H,15,16,17). The van der Waals surface area contributed by atoms with Crippen molar-refractivity contribution in [3.63, 3.8) is 0 Å². The molecule has 18 heavy (non-hydrogen) atoms. The number of thioether (sulfide) groups is 1. The first-order chi connectivity index (χ1) is 8.93. The molecule has 1 aromatic rings. The Balaban J connectivity index is 1.65. The van der Waals surface area contributed by atoms with Crippen LogP contribution >= 0.6 is 11.8 Å². The van der Waals surface area contributed by atoms with Crippen LogP contribution in [0.4, 0.5) is 5.82 Å². The lowest BCUT2D eigenvalue weighted by atomic mass is 9.96. The zero-order valence-corrected chi connectivity index (χ0v) is 11.6. The summed E-state index contributed by atoms with van der Waals surface area (Å²) in [6.45, 7) is 1.09. The smallest absolute Gasteiger partial charge is 0.132 e. The Kier molecular flexibility index (Phi) is 4.03. The number of nitrogens with zero attached hydrogens (tertiary/aromatic N) is 2. The number of anilines is 1. The molecule has 3 nitrogen and oxygen atoms in total. The molecule has 2 aliphatic rings. The van der Waals surface area contributed by atoms with Crippen LogP contribution in [0.5, 0.6) is 0 Å². The molecule has 1 aromatic heterocycles. The molecule has 0 spiro atoms. The second-order valence-electron chi connectivity index (χ2n) is 5.29. The molecule has 0 unspecified atom stereocenters. The number of aromatic nitrogens is 2. The zero-order valence-electron chi connectivity index (χ0n) is 10.8. The highest BCUT2D eigenvalue weighted by molar-refractivity contribution is 7.99. The molecule has 4 heteroatoms. The van der Waals surface area contributed by atoms with E-state index in [-0.39, 0.29) is 0 Å². The minimum Gasteiger partial charge on any atom is -0.369 e. The summed E-state index contributed by atoms with van der Waals surface area (Å²) >= 11 is 2.09. The van der Waals surface area contributed by atoms with Gasteiger partial charge in [0.25, 0.3) is 0 Å². The first-order valence-corrected chi connectivity index (χ1v) is 8.23. The van der Waals surface area contributed by atoms with E-state index in [2.05, 4.69) is 27.0 Å². The fourth-order valence-corrected chi connectivity index (χ4v) is 4.07. The average Bonchev–Trinajstić information content (AvgIpc) is 2.46. The van der Waals surface area contributed by atoms with Gasteiger partial charge >= 0.3 is 0 Å². The number of aryl methyl sites for hydroxylation is 1. The molecular formula is C14H21N3S. The molecule has 0 aromatic carbocycles. The molecule has 1 aliphatic carbocycles. The van der Waals surface area contributed by atoms with E-state index in [1.807, 2.05) is 0 Å². The molecule has 1 fully saturated rings. The Morgan fingerprint density at radius 1 is 1.17 bits per heavy atom. The van der Waals surface area contributed by atoms with Crippen molar-refractivity contribution in [1.29, 1.82) is 0 Å². The number of hydrogen-bond acceptors (Lipinski definition) is 4. The normalized spacial score (nSPS) is 20.4. The van der Waals surface area contributed by atoms with Gasteiger partial charge in [-0.15, -0.1) is 0 Å². The highest BCUT2D eigenvalue weighted by atomic mass is 32.2. The van der Waals surface area contributed by atoms with Gasteiger partial charge in [-0.25, -0.2) is 9.97 Å². The number of rotatable bonds is 3. The van der Waals surface area contributed by atoms with Crippen LogP contribution in [0.2, 0.25) is 0 Å². The second kappa shape index (κ2) is 5.91. The molecule has 0 atom stereocenters. The van der Waals surface area contributed by atoms with Crippen molar-refractivity contribution in [3.05, 3.63) is 17.6 Å². The minimum atomic E-state index is 0.834. The predicted molar refractivity (Wildman–Crippen MR) is 77.2 cm³/mol. The molecule has 0 amide bonds. The molecular weight excluding hydrogens is 242 g/mol. The van der Waals surface area contributed by atoms with Gasteiger partial charge in [-0.3, -0.25) is 0 Å². The lowest BCUT2D eigenvalue weighted by molar-refractivity contribution is 0.514. The van der Waals surface area contributed by atoms with Crippen LogP contribution in [0.25, 0.3) is 0 Å². The Bertz CT molecular complexity index is 402. The number of fused-ring (bicyclic) bond motifs is 1. The van der Waals surface area contributed by atoms with Gasteiger partial charge in [-0.1, -0.05) is 0 Å². The lowest BCUT2D eigenvalue weighted by Crippen LogP contribution is -2.21. The molecule has 3 rings (SSSR count). The third-order valence-corrected chi connectivity index (χ3v) is 5.07. The van der Waals surface area contributed by atoms with E-state index in [0.717, 1.165) is 31.1 Å². The zero-order chi connectivity index (χ0) is 12.2. The largest absolute Gasteiger partial charge is 0.369 e. The van der Waals surface area contributed by atoms with Crippen LogP contribution in [0.1, 0.15) is 36.9 Å². The summed E-state index contributed by atoms with van der Waals surface area (Å²) in [7, 11) is 0. The van der Waals surface area contributed by atoms with Crippen molar-refractivity contribution in [2.24, 2.45) is 5.92 Å². The summed E-state index contributed by atoms with van der Waals surface area (Å²) in [5.74, 6) is 4.60. The highest BCUT2D eigenvalue weighted by Crippen LogP contribution is 2.26. The average molecular weight is 263 g/mol. The topological polar surface area (TPSA) is 37.8 Å². The molecule has 0 radical (unpaired) electrons. The van der Waals surface area contributed by atoms with Gasteiger partial charge in [0.1, 0.15) is 12.1 Å². The van der Waals surface area contributed by atoms with Crippen LogP contribution in [0.3, 0.4) is 0 Å². The second-order valence-corrected chi connectivity index (χ2v) is 6.52. The van der Waals surface area contributed by atoms with E-state index in [1.165, 1.54) is 48.4 Å². The van der Waals surface area contributed by atoms with Crippen molar-refractivity contribution in [3.8, 4) is 0 Å². The van der Waals surface area contributed by atoms with E-state index in [0.29, 0.717) is 0 Å². The third kappa shape index (κ3) is 2.79. The Morgan fingerprint density at radius 2 is 2.00 bits per heavy atom. The molecule has 0 bridgehead atoms. The van der Waals surface area contributed by atoms with Crippen molar-refractivity contribution in [2.45, 2.75) is 38.5 Å². The summed E-state index contributed by atoms with van der Waals surface area (Å²) in [6, 6.07) is 0. The summed E-state index contributed by atoms with van der Waals surface area (Å²) in [5, 5.41) is 3.58. The fourth-order valence-electron chi connectivity index (χ4n) is 2.87. The van der Waals surface area contributed by atoms with Gasteiger partial charge in [-0.05, 0) is 55.9 Å². The maximum absolute atomic E-state index is 4.45. The third-order valence-electron chi connectivity index (χ3n) is 4.02. The van der Waals surface area contributed by atoms with Crippen LogP contribution < -0.4 is 5.32 Å². The van der Waals surface area contributed by atoms with E-state index in [4.69, 9.17) is 0 Å². The monoisotopic (exact) mass is 263 g/mol. The Hall–Kier alpha value is -0.770. The number of hydrogen-bond donors (Lipinski definition) is 1. The molecule has 1 aliphatic heterocycles. The predicted octanol–water partition coefficient (Wildman–Crippen LogP) is 2.91. The van der Waals surface area contributed by atoms with E-state index in [1.54, 1.807) is 6.33 Å². The maximum atomic E-state index is 4.45. The summed E-state index contributed by atoms with van der Waals surface area (Å²) in [5.41, 5.74) is 2.66. The van der Waals surface area contributed by atoms with Crippen molar-refractivity contribution in [1.82, 2.24) is 9.97 Å². The number of nitrogens with one attached hydrogen (secondary N) is 1. The van der Waals surface area contributed by atoms with Gasteiger partial charge in [0, 0.05) is 17.8 Å². The summed E-state index contributed by atoms with van der Waals surface area (Å²) in [4.78, 5) is 8.87. The maximum Gasteiger partial charge on any atom is 0.132 e. The van der Waals surface area contributed by atoms with Gasteiger partial charge in [-0.2, -0.15) is 11.8 Å². The van der Waals surface area contributed by atoms with Crippen molar-refractivity contribution in [2.75, 3.05) is 23.4 Å². The Morgan fingerprint density at radius 3 is 2.89 bits per heavy atom. The van der Waals surface area contributed by atoms with Crippen molar-refractivity contribution >= 4 is 17.6 Å². The Labute approximate surface area is 113 Å². The van der Waals surface area contributed by atoms with Gasteiger partial charge in [0.05, 0.1) is 0 Å². The van der Waals surface area contributed by atoms with Crippen molar-refractivity contribution < 1.29 is 0 Å². The van der Waals surface area contributed by atoms with Gasteiger partial charge in [0.2, 0.25) is 0 Å². The van der Waals surface area contributed by atoms with Crippen LogP contribution in [0.15, 0.2) is 6.33 Å². The molecule has 0 saturated carbocycles. The molecule has 2 heterocycles. The van der Waals surface area contributed by atoms with Gasteiger partial charge in [0.15, 0.2) is 0 Å². The highest BCUT2D eigenvalue weighted by Gasteiger charge is 2.17. The first kappa shape index (κ1) is 12.3. The fraction of sp³-hybridized carbons (Fsp3) is 0.714. The van der Waals surface area contributed by atoms with Crippen LogP contribution in [-0.4, -0.2) is 28.0 Å². The quantitative estimate of drug-likeness (QED) is 0.910. The van der Waals surface area contributed by atoms with Crippen LogP contribution in [-0.2, 0) is 12.8 Å². The first-order valence-electron chi connectivity index (χ1n) is 7.08. The molecule has 1 saturated heterocycles. The van der Waals surface area contributed by atoms with E-state index in [9.17, 15) is 0 Å². The molecule has 1 N–H and O–H groups in total.